The van der Waals surface area contributed by atoms with Crippen molar-refractivity contribution in [3.05, 3.63) is 0 Å². The maximum absolute atomic E-state index is 13.0. The van der Waals surface area contributed by atoms with Crippen LogP contribution in [0.4, 0.5) is 8.78 Å². The third-order valence-corrected chi connectivity index (χ3v) is 3.41. The molecule has 0 bridgehead atoms. The summed E-state index contributed by atoms with van der Waals surface area (Å²) in [4.78, 5) is 13.6. The van der Waals surface area contributed by atoms with Crippen molar-refractivity contribution < 1.29 is 18.3 Å². The average molecular weight is 248 g/mol. The lowest BCUT2D eigenvalue weighted by Gasteiger charge is -2.20. The number of carbonyl (C=O) groups is 1. The summed E-state index contributed by atoms with van der Waals surface area (Å²) in [6.45, 7) is 1.50. The lowest BCUT2D eigenvalue weighted by molar-refractivity contribution is -0.132. The zero-order valence-corrected chi connectivity index (χ0v) is 9.92. The Hall–Kier alpha value is -0.750. The van der Waals surface area contributed by atoms with Crippen LogP contribution in [0.2, 0.25) is 0 Å². The largest absolute Gasteiger partial charge is 0.384 e. The van der Waals surface area contributed by atoms with Crippen molar-refractivity contribution in [2.24, 2.45) is 5.92 Å². The maximum atomic E-state index is 13.0. The van der Waals surface area contributed by atoms with Crippen LogP contribution in [-0.2, 0) is 9.53 Å². The SMILES string of the molecule is COCC1CCN(C(=O)C2CC(F)(F)CN2)C1. The van der Waals surface area contributed by atoms with Crippen molar-refractivity contribution >= 4 is 5.91 Å². The molecule has 2 fully saturated rings. The Balaban J connectivity index is 1.85. The fraction of sp³-hybridized carbons (Fsp3) is 0.909. The van der Waals surface area contributed by atoms with Crippen molar-refractivity contribution in [1.29, 1.82) is 0 Å². The number of likely N-dealkylation sites (tertiary alicyclic amines) is 1. The molecule has 6 heteroatoms. The van der Waals surface area contributed by atoms with E-state index in [0.29, 0.717) is 25.6 Å². The Morgan fingerprint density at radius 2 is 2.35 bits per heavy atom. The molecule has 0 spiro atoms. The number of hydrogen-bond acceptors (Lipinski definition) is 3. The van der Waals surface area contributed by atoms with E-state index in [4.69, 9.17) is 4.74 Å². The highest BCUT2D eigenvalue weighted by Crippen LogP contribution is 2.27. The van der Waals surface area contributed by atoms with Gasteiger partial charge in [-0.25, -0.2) is 8.78 Å². The summed E-state index contributed by atoms with van der Waals surface area (Å²) in [5, 5.41) is 2.60. The molecule has 2 aliphatic rings. The third-order valence-electron chi connectivity index (χ3n) is 3.41. The number of nitrogens with one attached hydrogen (secondary N) is 1. The monoisotopic (exact) mass is 248 g/mol. The molecular formula is C11H18F2N2O2. The highest BCUT2D eigenvalue weighted by atomic mass is 19.3. The fourth-order valence-electron chi connectivity index (χ4n) is 2.52. The Kier molecular flexibility index (Phi) is 3.63. The first-order valence-electron chi connectivity index (χ1n) is 5.91. The highest BCUT2D eigenvalue weighted by molar-refractivity contribution is 5.82. The molecule has 1 amide bonds. The van der Waals surface area contributed by atoms with Crippen LogP contribution in [0.1, 0.15) is 12.8 Å². The van der Waals surface area contributed by atoms with E-state index in [1.165, 1.54) is 0 Å². The van der Waals surface area contributed by atoms with Gasteiger partial charge in [0.2, 0.25) is 5.91 Å². The number of halogens is 2. The maximum Gasteiger partial charge on any atom is 0.262 e. The molecule has 2 heterocycles. The molecule has 0 aromatic rings. The number of hydrogen-bond donors (Lipinski definition) is 1. The third kappa shape index (κ3) is 2.93. The van der Waals surface area contributed by atoms with Crippen molar-refractivity contribution in [3.8, 4) is 0 Å². The molecule has 2 atom stereocenters. The van der Waals surface area contributed by atoms with Crippen LogP contribution >= 0.6 is 0 Å². The predicted molar refractivity (Wildman–Crippen MR) is 57.9 cm³/mol. The van der Waals surface area contributed by atoms with Crippen molar-refractivity contribution in [2.75, 3.05) is 33.4 Å². The van der Waals surface area contributed by atoms with Crippen molar-refractivity contribution in [2.45, 2.75) is 24.8 Å². The second-order valence-corrected chi connectivity index (χ2v) is 4.89. The minimum Gasteiger partial charge on any atom is -0.384 e. The van der Waals surface area contributed by atoms with Crippen LogP contribution in [-0.4, -0.2) is 56.1 Å². The van der Waals surface area contributed by atoms with E-state index in [9.17, 15) is 13.6 Å². The number of amides is 1. The highest BCUT2D eigenvalue weighted by Gasteiger charge is 2.44. The van der Waals surface area contributed by atoms with Crippen molar-refractivity contribution in [3.63, 3.8) is 0 Å². The van der Waals surface area contributed by atoms with E-state index in [-0.39, 0.29) is 12.3 Å². The van der Waals surface area contributed by atoms with E-state index in [0.717, 1.165) is 6.42 Å². The molecule has 4 nitrogen and oxygen atoms in total. The van der Waals surface area contributed by atoms with Crippen LogP contribution < -0.4 is 5.32 Å². The first-order chi connectivity index (χ1) is 8.02. The molecule has 0 saturated carbocycles. The summed E-state index contributed by atoms with van der Waals surface area (Å²) < 4.78 is 31.0. The number of rotatable bonds is 3. The molecule has 2 rings (SSSR count). The lowest BCUT2D eigenvalue weighted by atomic mass is 10.1. The van der Waals surface area contributed by atoms with Gasteiger partial charge in [-0.2, -0.15) is 0 Å². The normalized spacial score (nSPS) is 32.1. The number of ether oxygens (including phenoxy) is 1. The summed E-state index contributed by atoms with van der Waals surface area (Å²) >= 11 is 0. The number of nitrogens with zero attached hydrogens (tertiary/aromatic N) is 1. The molecule has 0 radical (unpaired) electrons. The quantitative estimate of drug-likeness (QED) is 0.790. The molecule has 1 N–H and O–H groups in total. The van der Waals surface area contributed by atoms with Gasteiger partial charge < -0.3 is 9.64 Å². The minimum absolute atomic E-state index is 0.194. The van der Waals surface area contributed by atoms with Crippen LogP contribution in [0, 0.1) is 5.92 Å². The van der Waals surface area contributed by atoms with Gasteiger partial charge in [-0.05, 0) is 6.42 Å². The van der Waals surface area contributed by atoms with Gasteiger partial charge in [0.15, 0.2) is 0 Å². The van der Waals surface area contributed by atoms with E-state index in [1.54, 1.807) is 12.0 Å². The van der Waals surface area contributed by atoms with Gasteiger partial charge in [0, 0.05) is 32.5 Å². The fourth-order valence-corrected chi connectivity index (χ4v) is 2.52. The van der Waals surface area contributed by atoms with Gasteiger partial charge >= 0.3 is 0 Å². The molecule has 98 valence electrons. The van der Waals surface area contributed by atoms with E-state index < -0.39 is 18.5 Å². The Morgan fingerprint density at radius 3 is 2.94 bits per heavy atom. The first kappa shape index (κ1) is 12.7. The van der Waals surface area contributed by atoms with Crippen LogP contribution in [0.3, 0.4) is 0 Å². The molecule has 2 saturated heterocycles. The Labute approximate surface area is 99.3 Å². The summed E-state index contributed by atoms with van der Waals surface area (Å²) in [6.07, 6.45) is 0.514. The summed E-state index contributed by atoms with van der Waals surface area (Å²) in [7, 11) is 1.63. The molecule has 0 aliphatic carbocycles. The zero-order chi connectivity index (χ0) is 12.5. The van der Waals surface area contributed by atoms with Crippen molar-refractivity contribution in [1.82, 2.24) is 10.2 Å². The topological polar surface area (TPSA) is 41.6 Å². The predicted octanol–water partition coefficient (Wildman–Crippen LogP) is 0.478. The van der Waals surface area contributed by atoms with E-state index >= 15 is 0 Å². The molecule has 17 heavy (non-hydrogen) atoms. The minimum atomic E-state index is -2.74. The van der Waals surface area contributed by atoms with Crippen LogP contribution in [0.25, 0.3) is 0 Å². The zero-order valence-electron chi connectivity index (χ0n) is 9.92. The standard InChI is InChI=1S/C11H18F2N2O2/c1-17-6-8-2-3-15(5-8)10(16)9-4-11(12,13)7-14-9/h8-9,14H,2-7H2,1H3. The lowest BCUT2D eigenvalue weighted by Crippen LogP contribution is -2.42. The van der Waals surface area contributed by atoms with Gasteiger partial charge in [-0.3, -0.25) is 10.1 Å². The molecule has 2 aliphatic heterocycles. The Morgan fingerprint density at radius 1 is 1.59 bits per heavy atom. The van der Waals surface area contributed by atoms with E-state index in [2.05, 4.69) is 5.32 Å². The van der Waals surface area contributed by atoms with E-state index in [1.807, 2.05) is 0 Å². The Bertz CT molecular complexity index is 299. The van der Waals surface area contributed by atoms with Gasteiger partial charge in [0.25, 0.3) is 5.92 Å². The van der Waals surface area contributed by atoms with Gasteiger partial charge in [0.1, 0.15) is 0 Å². The summed E-state index contributed by atoms with van der Waals surface area (Å²) in [6, 6.07) is -0.716. The summed E-state index contributed by atoms with van der Waals surface area (Å²) in [5.41, 5.74) is 0. The van der Waals surface area contributed by atoms with Gasteiger partial charge in [-0.1, -0.05) is 0 Å². The van der Waals surface area contributed by atoms with Crippen LogP contribution in [0.15, 0.2) is 0 Å². The van der Waals surface area contributed by atoms with Gasteiger partial charge in [0.05, 0.1) is 19.2 Å². The number of methoxy groups -OCH3 is 1. The van der Waals surface area contributed by atoms with Gasteiger partial charge in [-0.15, -0.1) is 0 Å². The second kappa shape index (κ2) is 4.86. The number of alkyl halides is 2. The molecule has 0 aromatic heterocycles. The molecule has 2 unspecified atom stereocenters. The van der Waals surface area contributed by atoms with Crippen LogP contribution in [0.5, 0.6) is 0 Å². The first-order valence-corrected chi connectivity index (χ1v) is 5.91. The second-order valence-electron chi connectivity index (χ2n) is 4.89. The number of carbonyl (C=O) groups excluding carboxylic acids is 1. The summed E-state index contributed by atoms with van der Waals surface area (Å²) in [5.74, 6) is -2.60. The molecule has 0 aromatic carbocycles. The molecular weight excluding hydrogens is 230 g/mol. The smallest absolute Gasteiger partial charge is 0.262 e. The average Bonchev–Trinajstić information content (AvgIpc) is 2.85.